The SMILES string of the molecule is CS(=O)(=O)N(CC(O)Cn1c2c(c3c1=CC=CC3)C=CCC=2)c1ccccc1I. The van der Waals surface area contributed by atoms with Gasteiger partial charge in [-0.15, -0.1) is 0 Å². The predicted octanol–water partition coefficient (Wildman–Crippen LogP) is 2.01. The third-order valence-corrected chi connectivity index (χ3v) is 7.29. The summed E-state index contributed by atoms with van der Waals surface area (Å²) in [4.78, 5) is 0. The largest absolute Gasteiger partial charge is 0.389 e. The number of sulfonamides is 1. The summed E-state index contributed by atoms with van der Waals surface area (Å²) in [6.45, 7) is 0.341. The number of para-hydroxylation sites is 1. The summed E-state index contributed by atoms with van der Waals surface area (Å²) < 4.78 is 29.2. The molecule has 2 aliphatic carbocycles. The van der Waals surface area contributed by atoms with Gasteiger partial charge in [0.25, 0.3) is 0 Å². The van der Waals surface area contributed by atoms with Crippen LogP contribution < -0.4 is 15.0 Å². The summed E-state index contributed by atoms with van der Waals surface area (Å²) in [5.41, 5.74) is 3.06. The van der Waals surface area contributed by atoms with Gasteiger partial charge in [-0.05, 0) is 59.2 Å². The second kappa shape index (κ2) is 8.12. The molecule has 0 fully saturated rings. The molecule has 4 rings (SSSR count). The Balaban J connectivity index is 1.68. The molecule has 1 unspecified atom stereocenters. The Morgan fingerprint density at radius 3 is 2.79 bits per heavy atom. The molecular weight excluding hydrogens is 499 g/mol. The van der Waals surface area contributed by atoms with Gasteiger partial charge in [0.05, 0.1) is 31.1 Å². The van der Waals surface area contributed by atoms with E-state index < -0.39 is 16.1 Å². The van der Waals surface area contributed by atoms with Crippen LogP contribution in [0.4, 0.5) is 5.69 Å². The van der Waals surface area contributed by atoms with Gasteiger partial charge in [-0.1, -0.05) is 42.5 Å². The fourth-order valence-corrected chi connectivity index (χ4v) is 5.78. The first kappa shape index (κ1) is 20.4. The van der Waals surface area contributed by atoms with Gasteiger partial charge in [0.15, 0.2) is 0 Å². The third-order valence-electron chi connectivity index (χ3n) is 5.23. The van der Waals surface area contributed by atoms with E-state index in [2.05, 4.69) is 57.5 Å². The summed E-state index contributed by atoms with van der Waals surface area (Å²) in [7, 11) is -3.53. The summed E-state index contributed by atoms with van der Waals surface area (Å²) in [5.74, 6) is 0. The maximum Gasteiger partial charge on any atom is 0.232 e. The van der Waals surface area contributed by atoms with Gasteiger partial charge in [0, 0.05) is 19.8 Å². The first-order chi connectivity index (χ1) is 13.9. The zero-order valence-electron chi connectivity index (χ0n) is 16.1. The minimum atomic E-state index is -3.53. The summed E-state index contributed by atoms with van der Waals surface area (Å²) >= 11 is 2.12. The van der Waals surface area contributed by atoms with Gasteiger partial charge < -0.3 is 9.67 Å². The molecule has 1 aromatic heterocycles. The van der Waals surface area contributed by atoms with Crippen LogP contribution in [0.3, 0.4) is 0 Å². The van der Waals surface area contributed by atoms with Gasteiger partial charge in [-0.25, -0.2) is 8.42 Å². The van der Waals surface area contributed by atoms with Crippen molar-refractivity contribution in [3.63, 3.8) is 0 Å². The summed E-state index contributed by atoms with van der Waals surface area (Å²) in [5, 5.41) is 13.1. The molecule has 2 aromatic rings. The van der Waals surface area contributed by atoms with E-state index in [1.54, 1.807) is 6.07 Å². The summed E-state index contributed by atoms with van der Waals surface area (Å²) in [6.07, 6.45) is 14.8. The maximum absolute atomic E-state index is 12.5. The van der Waals surface area contributed by atoms with E-state index in [-0.39, 0.29) is 6.54 Å². The molecule has 0 saturated heterocycles. The molecular formula is C22H23IN2O3S. The van der Waals surface area contributed by atoms with E-state index in [9.17, 15) is 13.5 Å². The highest BCUT2D eigenvalue weighted by Gasteiger charge is 2.24. The zero-order valence-corrected chi connectivity index (χ0v) is 19.1. The van der Waals surface area contributed by atoms with Crippen LogP contribution >= 0.6 is 22.6 Å². The molecule has 1 heterocycles. The van der Waals surface area contributed by atoms with Crippen molar-refractivity contribution < 1.29 is 13.5 Å². The number of nitrogens with zero attached hydrogens (tertiary/aromatic N) is 2. The quantitative estimate of drug-likeness (QED) is 0.591. The summed E-state index contributed by atoms with van der Waals surface area (Å²) in [6, 6.07) is 7.31. The first-order valence-electron chi connectivity index (χ1n) is 9.51. The molecule has 29 heavy (non-hydrogen) atoms. The van der Waals surface area contributed by atoms with Crippen molar-refractivity contribution in [1.29, 1.82) is 0 Å². The molecule has 152 valence electrons. The third kappa shape index (κ3) is 4.08. The number of fused-ring (bicyclic) bond motifs is 3. The molecule has 0 bridgehead atoms. The minimum Gasteiger partial charge on any atom is -0.389 e. The standard InChI is InChI=1S/C22H23IN2O3S/c1-29(27,28)25(22-13-7-4-10-19(22)23)15-16(26)14-24-20-11-5-2-8-17(20)18-9-3-6-12-21(18)24/h2-5,7,9-13,16,26H,6,8,14-15H2,1H3. The van der Waals surface area contributed by atoms with Crippen LogP contribution in [0.1, 0.15) is 17.5 Å². The Morgan fingerprint density at radius 1 is 1.24 bits per heavy atom. The van der Waals surface area contributed by atoms with Crippen LogP contribution in [-0.4, -0.2) is 37.0 Å². The monoisotopic (exact) mass is 522 g/mol. The highest BCUT2D eigenvalue weighted by atomic mass is 127. The molecule has 7 heteroatoms. The lowest BCUT2D eigenvalue weighted by atomic mass is 10.0. The van der Waals surface area contributed by atoms with E-state index in [0.29, 0.717) is 12.2 Å². The molecule has 1 N–H and O–H groups in total. The fourth-order valence-electron chi connectivity index (χ4n) is 3.98. The smallest absolute Gasteiger partial charge is 0.232 e. The number of halogens is 1. The zero-order chi connectivity index (χ0) is 20.6. The van der Waals surface area contributed by atoms with E-state index in [1.165, 1.54) is 21.7 Å². The van der Waals surface area contributed by atoms with E-state index in [4.69, 9.17) is 0 Å². The number of benzene rings is 1. The van der Waals surface area contributed by atoms with Gasteiger partial charge in [-0.3, -0.25) is 4.31 Å². The lowest BCUT2D eigenvalue weighted by Gasteiger charge is -2.26. The minimum absolute atomic E-state index is 0.00620. The second-order valence-electron chi connectivity index (χ2n) is 7.31. The van der Waals surface area contributed by atoms with Crippen molar-refractivity contribution in [2.24, 2.45) is 0 Å². The van der Waals surface area contributed by atoms with Gasteiger partial charge >= 0.3 is 0 Å². The van der Waals surface area contributed by atoms with E-state index in [1.807, 2.05) is 24.3 Å². The molecule has 0 saturated carbocycles. The number of aromatic nitrogens is 1. The van der Waals surface area contributed by atoms with Crippen LogP contribution in [0.25, 0.3) is 18.2 Å². The molecule has 5 nitrogen and oxygen atoms in total. The highest BCUT2D eigenvalue weighted by Crippen LogP contribution is 2.24. The van der Waals surface area contributed by atoms with Crippen LogP contribution in [0.5, 0.6) is 0 Å². The topological polar surface area (TPSA) is 62.5 Å². The fraction of sp³-hybridized carbons (Fsp3) is 0.273. The average Bonchev–Trinajstić information content (AvgIpc) is 3.00. The van der Waals surface area contributed by atoms with Crippen LogP contribution in [0, 0.1) is 3.57 Å². The van der Waals surface area contributed by atoms with Crippen LogP contribution in [0.2, 0.25) is 0 Å². The molecule has 0 spiro atoms. The molecule has 0 amide bonds. The van der Waals surface area contributed by atoms with Gasteiger partial charge in [0.2, 0.25) is 10.0 Å². The van der Waals surface area contributed by atoms with Crippen molar-refractivity contribution >= 4 is 56.5 Å². The Bertz CT molecular complexity index is 1230. The number of aliphatic hydroxyl groups excluding tert-OH is 1. The average molecular weight is 522 g/mol. The molecule has 0 radical (unpaired) electrons. The lowest BCUT2D eigenvalue weighted by Crippen LogP contribution is -2.42. The van der Waals surface area contributed by atoms with Crippen molar-refractivity contribution in [1.82, 2.24) is 4.57 Å². The second-order valence-corrected chi connectivity index (χ2v) is 10.4. The Morgan fingerprint density at radius 2 is 2.03 bits per heavy atom. The van der Waals surface area contributed by atoms with Crippen LogP contribution in [-0.2, 0) is 23.0 Å². The number of hydrogen-bond acceptors (Lipinski definition) is 3. The van der Waals surface area contributed by atoms with Gasteiger partial charge in [-0.2, -0.15) is 0 Å². The van der Waals surface area contributed by atoms with E-state index >= 15 is 0 Å². The Labute approximate surface area is 184 Å². The molecule has 1 atom stereocenters. The number of anilines is 1. The number of rotatable bonds is 6. The van der Waals surface area contributed by atoms with Crippen molar-refractivity contribution in [3.05, 3.63) is 67.9 Å². The number of aliphatic hydroxyl groups is 1. The highest BCUT2D eigenvalue weighted by molar-refractivity contribution is 14.1. The Kier molecular flexibility index (Phi) is 5.72. The van der Waals surface area contributed by atoms with Crippen molar-refractivity contribution in [2.75, 3.05) is 17.1 Å². The van der Waals surface area contributed by atoms with Crippen molar-refractivity contribution in [3.8, 4) is 0 Å². The normalized spacial score (nSPS) is 15.8. The lowest BCUT2D eigenvalue weighted by molar-refractivity contribution is 0.161. The number of allylic oxidation sites excluding steroid dienone is 3. The molecule has 2 aliphatic rings. The molecule has 1 aromatic carbocycles. The molecule has 0 aliphatic heterocycles. The Hall–Kier alpha value is -1.84. The van der Waals surface area contributed by atoms with Crippen molar-refractivity contribution in [2.45, 2.75) is 25.5 Å². The van der Waals surface area contributed by atoms with Gasteiger partial charge in [0.1, 0.15) is 0 Å². The first-order valence-corrected chi connectivity index (χ1v) is 12.4. The number of hydrogen-bond donors (Lipinski definition) is 1. The van der Waals surface area contributed by atoms with E-state index in [0.717, 1.165) is 27.1 Å². The van der Waals surface area contributed by atoms with Crippen LogP contribution in [0.15, 0.2) is 42.5 Å². The maximum atomic E-state index is 12.5. The predicted molar refractivity (Wildman–Crippen MR) is 126 cm³/mol.